The predicted octanol–water partition coefficient (Wildman–Crippen LogP) is 4.29. The van der Waals surface area contributed by atoms with Crippen LogP contribution in [0.1, 0.15) is 25.5 Å². The lowest BCUT2D eigenvalue weighted by Gasteiger charge is -2.17. The van der Waals surface area contributed by atoms with Crippen molar-refractivity contribution in [1.29, 1.82) is 0 Å². The third-order valence-corrected chi connectivity index (χ3v) is 4.63. The highest BCUT2D eigenvalue weighted by atomic mass is 32.2. The van der Waals surface area contributed by atoms with Gasteiger partial charge in [-0.05, 0) is 31.5 Å². The minimum absolute atomic E-state index is 0.0242. The molecule has 0 aliphatic heterocycles. The Hall–Kier alpha value is -2.94. The van der Waals surface area contributed by atoms with E-state index in [0.717, 1.165) is 0 Å². The van der Waals surface area contributed by atoms with Crippen molar-refractivity contribution < 1.29 is 19.4 Å². The van der Waals surface area contributed by atoms with Gasteiger partial charge in [0.2, 0.25) is 0 Å². The highest BCUT2D eigenvalue weighted by Crippen LogP contribution is 2.28. The van der Waals surface area contributed by atoms with Crippen molar-refractivity contribution in [3.05, 3.63) is 74.3 Å². The Morgan fingerprint density at radius 1 is 1.00 bits per heavy atom. The predicted molar refractivity (Wildman–Crippen MR) is 96.0 cm³/mol. The first-order valence-corrected chi connectivity index (χ1v) is 8.52. The van der Waals surface area contributed by atoms with Crippen molar-refractivity contribution in [2.24, 2.45) is 0 Å². The fourth-order valence-corrected chi connectivity index (χ4v) is 2.98. The first-order valence-electron chi connectivity index (χ1n) is 7.64. The van der Waals surface area contributed by atoms with Gasteiger partial charge in [-0.15, -0.1) is 11.8 Å². The van der Waals surface area contributed by atoms with Crippen LogP contribution in [-0.4, -0.2) is 21.1 Å². The van der Waals surface area contributed by atoms with E-state index in [1.54, 1.807) is 32.0 Å². The zero-order chi connectivity index (χ0) is 19.3. The van der Waals surface area contributed by atoms with E-state index in [0.29, 0.717) is 10.5 Å². The zero-order valence-electron chi connectivity index (χ0n) is 14.0. The molecule has 9 heteroatoms. The fraction of sp³-hybridized carbons (Fsp3) is 0.235. The molecule has 0 fully saturated rings. The fourth-order valence-electron chi connectivity index (χ4n) is 2.13. The second-order valence-corrected chi connectivity index (χ2v) is 6.86. The van der Waals surface area contributed by atoms with Crippen LogP contribution in [-0.2, 0) is 9.53 Å². The van der Waals surface area contributed by atoms with Gasteiger partial charge in [0.05, 0.1) is 9.85 Å². The van der Waals surface area contributed by atoms with Gasteiger partial charge in [-0.25, -0.2) is 0 Å². The maximum absolute atomic E-state index is 12.2. The summed E-state index contributed by atoms with van der Waals surface area (Å²) < 4.78 is 5.38. The summed E-state index contributed by atoms with van der Waals surface area (Å²) in [7, 11) is 0. The molecule has 0 heterocycles. The first kappa shape index (κ1) is 19.4. The number of nitro benzene ring substituents is 2. The van der Waals surface area contributed by atoms with Crippen LogP contribution in [0, 0.1) is 20.2 Å². The maximum Gasteiger partial charge on any atom is 0.319 e. The normalized spacial score (nSPS) is 12.8. The van der Waals surface area contributed by atoms with Crippen molar-refractivity contribution in [3.63, 3.8) is 0 Å². The van der Waals surface area contributed by atoms with Gasteiger partial charge in [0.1, 0.15) is 11.4 Å². The quantitative estimate of drug-likeness (QED) is 0.306. The van der Waals surface area contributed by atoms with E-state index in [-0.39, 0.29) is 11.4 Å². The molecule has 0 radical (unpaired) electrons. The minimum atomic E-state index is -0.637. The maximum atomic E-state index is 12.2. The molecule has 0 aromatic heterocycles. The molecule has 8 nitrogen and oxygen atoms in total. The molecule has 0 spiro atoms. The number of carbonyl (C=O) groups excluding carboxylic acids is 1. The summed E-state index contributed by atoms with van der Waals surface area (Å²) in [5, 5.41) is 20.9. The number of ether oxygens (including phenoxy) is 1. The Morgan fingerprint density at radius 3 is 2.19 bits per heavy atom. The molecule has 0 aliphatic carbocycles. The molecule has 2 aromatic rings. The van der Waals surface area contributed by atoms with Gasteiger partial charge >= 0.3 is 5.97 Å². The summed E-state index contributed by atoms with van der Waals surface area (Å²) in [5.41, 5.74) is 0.433. The lowest BCUT2D eigenvalue weighted by Crippen LogP contribution is -2.18. The summed E-state index contributed by atoms with van der Waals surface area (Å²) in [6.07, 6.45) is -0.637. The molecule has 0 saturated carbocycles. The number of carbonyl (C=O) groups is 1. The Morgan fingerprint density at radius 2 is 1.62 bits per heavy atom. The number of nitrogens with zero attached hydrogens (tertiary/aromatic N) is 2. The lowest BCUT2D eigenvalue weighted by molar-refractivity contribution is -0.385. The highest BCUT2D eigenvalue weighted by molar-refractivity contribution is 8.00. The van der Waals surface area contributed by atoms with Gasteiger partial charge in [0.25, 0.3) is 11.4 Å². The zero-order valence-corrected chi connectivity index (χ0v) is 14.8. The molecule has 0 saturated heterocycles. The van der Waals surface area contributed by atoms with Crippen LogP contribution in [0.25, 0.3) is 0 Å². The van der Waals surface area contributed by atoms with Gasteiger partial charge < -0.3 is 4.74 Å². The number of thioether (sulfide) groups is 1. The van der Waals surface area contributed by atoms with Crippen molar-refractivity contribution >= 4 is 29.1 Å². The Balaban J connectivity index is 1.98. The van der Waals surface area contributed by atoms with Gasteiger partial charge in [0.15, 0.2) is 0 Å². The van der Waals surface area contributed by atoms with Gasteiger partial charge in [-0.1, -0.05) is 12.1 Å². The van der Waals surface area contributed by atoms with Crippen LogP contribution < -0.4 is 0 Å². The summed E-state index contributed by atoms with van der Waals surface area (Å²) in [6.45, 7) is 3.30. The number of rotatable bonds is 7. The molecule has 0 N–H and O–H groups in total. The molecule has 0 bridgehead atoms. The number of nitro groups is 2. The van der Waals surface area contributed by atoms with E-state index in [9.17, 15) is 25.0 Å². The molecule has 2 aromatic carbocycles. The number of benzene rings is 2. The molecule has 26 heavy (non-hydrogen) atoms. The lowest BCUT2D eigenvalue weighted by atomic mass is 10.1. The molecule has 2 rings (SSSR count). The summed E-state index contributed by atoms with van der Waals surface area (Å²) in [5.74, 6) is -0.479. The van der Waals surface area contributed by atoms with Crippen LogP contribution in [0.4, 0.5) is 11.4 Å². The van der Waals surface area contributed by atoms with Crippen LogP contribution in [0.2, 0.25) is 0 Å². The largest absolute Gasteiger partial charge is 0.457 e. The first-order chi connectivity index (χ1) is 12.3. The second kappa shape index (κ2) is 8.43. The number of non-ortho nitro benzene ring substituents is 2. The monoisotopic (exact) mass is 376 g/mol. The molecule has 136 valence electrons. The molecular weight excluding hydrogens is 360 g/mol. The third-order valence-electron chi connectivity index (χ3n) is 3.54. The summed E-state index contributed by atoms with van der Waals surface area (Å²) >= 11 is 1.21. The van der Waals surface area contributed by atoms with E-state index in [4.69, 9.17) is 4.74 Å². The summed E-state index contributed by atoms with van der Waals surface area (Å²) in [6, 6.07) is 11.8. The minimum Gasteiger partial charge on any atom is -0.457 e. The standard InChI is InChI=1S/C17H16N2O6S/c1-11(13-4-3-5-15(10-13)19(23)24)25-17(20)12(2)26-16-8-6-14(7-9-16)18(21)22/h3-12H,1-2H3/t11-,12-/m1/s1. The van der Waals surface area contributed by atoms with Gasteiger partial charge in [0, 0.05) is 29.2 Å². The molecule has 0 amide bonds. The van der Waals surface area contributed by atoms with Crippen molar-refractivity contribution in [2.75, 3.05) is 0 Å². The molecular formula is C17H16N2O6S. The molecule has 2 atom stereocenters. The van der Waals surface area contributed by atoms with Gasteiger partial charge in [-0.3, -0.25) is 25.0 Å². The number of hydrogen-bond donors (Lipinski definition) is 0. The Kier molecular flexibility index (Phi) is 6.29. The van der Waals surface area contributed by atoms with Crippen molar-refractivity contribution in [2.45, 2.75) is 30.1 Å². The Labute approximate surface area is 153 Å². The highest BCUT2D eigenvalue weighted by Gasteiger charge is 2.21. The van der Waals surface area contributed by atoms with Crippen LogP contribution in [0.15, 0.2) is 53.4 Å². The van der Waals surface area contributed by atoms with Gasteiger partial charge in [-0.2, -0.15) is 0 Å². The average molecular weight is 376 g/mol. The SMILES string of the molecule is C[C@@H](Sc1ccc([N+](=O)[O-])cc1)C(=O)O[C@H](C)c1cccc([N+](=O)[O-])c1. The average Bonchev–Trinajstić information content (AvgIpc) is 2.62. The van der Waals surface area contributed by atoms with Crippen LogP contribution in [0.5, 0.6) is 0 Å². The molecule has 0 aliphatic rings. The topological polar surface area (TPSA) is 113 Å². The second-order valence-electron chi connectivity index (χ2n) is 5.44. The molecule has 0 unspecified atom stereocenters. The van der Waals surface area contributed by atoms with E-state index in [1.165, 1.54) is 42.1 Å². The number of hydrogen-bond acceptors (Lipinski definition) is 7. The van der Waals surface area contributed by atoms with Crippen molar-refractivity contribution in [3.8, 4) is 0 Å². The third kappa shape index (κ3) is 5.03. The summed E-state index contributed by atoms with van der Waals surface area (Å²) in [4.78, 5) is 33.4. The van der Waals surface area contributed by atoms with Crippen molar-refractivity contribution in [1.82, 2.24) is 0 Å². The van der Waals surface area contributed by atoms with Crippen LogP contribution >= 0.6 is 11.8 Å². The van der Waals surface area contributed by atoms with E-state index in [1.807, 2.05) is 0 Å². The Bertz CT molecular complexity index is 824. The van der Waals surface area contributed by atoms with E-state index < -0.39 is 27.2 Å². The van der Waals surface area contributed by atoms with Crippen LogP contribution in [0.3, 0.4) is 0 Å². The smallest absolute Gasteiger partial charge is 0.319 e. The number of esters is 1. The van der Waals surface area contributed by atoms with E-state index >= 15 is 0 Å². The van der Waals surface area contributed by atoms with E-state index in [2.05, 4.69) is 0 Å².